The van der Waals surface area contributed by atoms with Crippen molar-refractivity contribution in [2.45, 2.75) is 32.4 Å². The maximum atomic E-state index is 13.3. The third kappa shape index (κ3) is 6.44. The second-order valence-corrected chi connectivity index (χ2v) is 9.66. The molecule has 8 heteroatoms. The Morgan fingerprint density at radius 2 is 1.71 bits per heavy atom. The summed E-state index contributed by atoms with van der Waals surface area (Å²) in [6.45, 7) is 12.2. The summed E-state index contributed by atoms with van der Waals surface area (Å²) in [6, 6.07) is 13.4. The number of aliphatic hydroxyl groups is 1. The number of benzene rings is 2. The molecule has 4 rings (SSSR count). The van der Waals surface area contributed by atoms with Gasteiger partial charge in [-0.25, -0.2) is 0 Å². The normalized spacial score (nSPS) is 19.7. The molecule has 0 saturated carbocycles. The van der Waals surface area contributed by atoms with E-state index in [1.165, 1.54) is 0 Å². The van der Waals surface area contributed by atoms with E-state index < -0.39 is 17.7 Å². The number of amides is 1. The van der Waals surface area contributed by atoms with E-state index >= 15 is 0 Å². The minimum Gasteiger partial charge on any atom is -0.507 e. The van der Waals surface area contributed by atoms with Gasteiger partial charge in [-0.1, -0.05) is 24.8 Å². The Hall–Kier alpha value is -3.62. The maximum Gasteiger partial charge on any atom is 0.295 e. The van der Waals surface area contributed by atoms with Crippen LogP contribution >= 0.6 is 0 Å². The van der Waals surface area contributed by atoms with Gasteiger partial charge in [0, 0.05) is 31.7 Å². The first-order chi connectivity index (χ1) is 18.4. The van der Waals surface area contributed by atoms with Crippen LogP contribution in [-0.4, -0.2) is 78.7 Å². The molecular weight excluding hydrogens is 484 g/mol. The Morgan fingerprint density at radius 1 is 1.05 bits per heavy atom. The molecule has 38 heavy (non-hydrogen) atoms. The molecule has 202 valence electrons. The summed E-state index contributed by atoms with van der Waals surface area (Å²) in [5.41, 5.74) is 1.25. The molecule has 2 heterocycles. The first-order valence-electron chi connectivity index (χ1n) is 13.1. The number of ketones is 1. The molecule has 0 radical (unpaired) electrons. The van der Waals surface area contributed by atoms with Crippen LogP contribution in [-0.2, 0) is 14.3 Å². The number of Topliss-reactive ketones (excluding diaryl/α,β-unsaturated/α-hetero) is 1. The van der Waals surface area contributed by atoms with Crippen LogP contribution < -0.4 is 9.47 Å². The molecule has 2 saturated heterocycles. The molecule has 0 aliphatic carbocycles. The van der Waals surface area contributed by atoms with E-state index in [9.17, 15) is 14.7 Å². The van der Waals surface area contributed by atoms with Crippen LogP contribution in [0.5, 0.6) is 11.5 Å². The number of hydrogen-bond donors (Lipinski definition) is 1. The highest BCUT2D eigenvalue weighted by Crippen LogP contribution is 2.40. The highest BCUT2D eigenvalue weighted by atomic mass is 16.5. The van der Waals surface area contributed by atoms with E-state index in [-0.39, 0.29) is 17.4 Å². The zero-order chi connectivity index (χ0) is 27.1. The third-order valence-electron chi connectivity index (χ3n) is 6.58. The van der Waals surface area contributed by atoms with Gasteiger partial charge in [0.15, 0.2) is 0 Å². The number of hydrogen-bond acceptors (Lipinski definition) is 7. The van der Waals surface area contributed by atoms with Crippen molar-refractivity contribution in [1.82, 2.24) is 9.80 Å². The molecule has 2 fully saturated rings. The summed E-state index contributed by atoms with van der Waals surface area (Å²) in [5.74, 6) is -0.187. The van der Waals surface area contributed by atoms with Crippen LogP contribution in [0.3, 0.4) is 0 Å². The summed E-state index contributed by atoms with van der Waals surface area (Å²) >= 11 is 0. The summed E-state index contributed by atoms with van der Waals surface area (Å²) in [4.78, 5) is 30.4. The minimum absolute atomic E-state index is 0.0186. The molecule has 0 spiro atoms. The van der Waals surface area contributed by atoms with Crippen molar-refractivity contribution < 1.29 is 28.9 Å². The van der Waals surface area contributed by atoms with Gasteiger partial charge in [-0.3, -0.25) is 14.5 Å². The number of carbonyl (C=O) groups is 2. The van der Waals surface area contributed by atoms with E-state index in [1.54, 1.807) is 35.2 Å². The summed E-state index contributed by atoms with van der Waals surface area (Å²) in [6.07, 6.45) is 2.37. The second kappa shape index (κ2) is 12.8. The number of likely N-dealkylation sites (tertiary alicyclic amines) is 1. The molecule has 2 aromatic carbocycles. The lowest BCUT2D eigenvalue weighted by atomic mass is 9.95. The zero-order valence-electron chi connectivity index (χ0n) is 22.1. The summed E-state index contributed by atoms with van der Waals surface area (Å²) in [5, 5.41) is 11.3. The van der Waals surface area contributed by atoms with Crippen molar-refractivity contribution in [3.8, 4) is 11.5 Å². The highest BCUT2D eigenvalue weighted by molar-refractivity contribution is 6.46. The minimum atomic E-state index is -0.704. The lowest BCUT2D eigenvalue weighted by molar-refractivity contribution is -0.140. The standard InChI is InChI=1S/C30H36N2O6/c1-4-18-37-24-10-8-23(9-11-24)28(33)26-27(22-6-12-25(13-7-22)38-21(2)3)32(30(35)29(26)34)15-5-14-31-16-19-36-20-17-31/h4,6-13,21,27,33H,1,5,14-20H2,2-3H3/b28-26+/t27-/m1/s1. The topological polar surface area (TPSA) is 88.5 Å². The number of ether oxygens (including phenoxy) is 3. The first-order valence-corrected chi connectivity index (χ1v) is 13.1. The van der Waals surface area contributed by atoms with Crippen LogP contribution in [0.15, 0.2) is 66.8 Å². The van der Waals surface area contributed by atoms with Gasteiger partial charge in [0.25, 0.3) is 11.7 Å². The van der Waals surface area contributed by atoms with E-state index in [0.717, 1.165) is 25.2 Å². The fourth-order valence-electron chi connectivity index (χ4n) is 4.77. The van der Waals surface area contributed by atoms with E-state index in [0.29, 0.717) is 49.8 Å². The Labute approximate surface area is 224 Å². The van der Waals surface area contributed by atoms with Gasteiger partial charge in [0.2, 0.25) is 0 Å². The molecule has 2 aliphatic heterocycles. The Balaban J connectivity index is 1.64. The van der Waals surface area contributed by atoms with Gasteiger partial charge in [-0.2, -0.15) is 0 Å². The molecule has 1 amide bonds. The predicted molar refractivity (Wildman–Crippen MR) is 145 cm³/mol. The number of carbonyl (C=O) groups excluding carboxylic acids is 2. The van der Waals surface area contributed by atoms with Gasteiger partial charge in [-0.05, 0) is 62.2 Å². The number of rotatable bonds is 11. The predicted octanol–water partition coefficient (Wildman–Crippen LogP) is 4.18. The number of nitrogens with zero attached hydrogens (tertiary/aromatic N) is 2. The fraction of sp³-hybridized carbons (Fsp3) is 0.400. The van der Waals surface area contributed by atoms with Crippen LogP contribution in [0.1, 0.15) is 37.4 Å². The molecular formula is C30H36N2O6. The largest absolute Gasteiger partial charge is 0.507 e. The highest BCUT2D eigenvalue weighted by Gasteiger charge is 2.45. The maximum absolute atomic E-state index is 13.3. The lowest BCUT2D eigenvalue weighted by Gasteiger charge is -2.29. The molecule has 1 N–H and O–H groups in total. The summed E-state index contributed by atoms with van der Waals surface area (Å²) < 4.78 is 16.7. The van der Waals surface area contributed by atoms with Crippen molar-refractivity contribution in [2.75, 3.05) is 46.0 Å². The van der Waals surface area contributed by atoms with Crippen LogP contribution in [0.25, 0.3) is 5.76 Å². The molecule has 8 nitrogen and oxygen atoms in total. The van der Waals surface area contributed by atoms with E-state index in [1.807, 2.05) is 38.1 Å². The number of morpholine rings is 1. The fourth-order valence-corrected chi connectivity index (χ4v) is 4.77. The van der Waals surface area contributed by atoms with Gasteiger partial charge >= 0.3 is 0 Å². The first kappa shape index (κ1) is 27.4. The van der Waals surface area contributed by atoms with Gasteiger partial charge in [0.05, 0.1) is 30.9 Å². The SMILES string of the molecule is C=CCOc1ccc(/C(O)=C2\C(=O)C(=O)N(CCCN3CCOCC3)[C@@H]2c2ccc(OC(C)C)cc2)cc1. The molecule has 2 aromatic rings. The van der Waals surface area contributed by atoms with Crippen LogP contribution in [0.2, 0.25) is 0 Å². The van der Waals surface area contributed by atoms with E-state index in [2.05, 4.69) is 11.5 Å². The monoisotopic (exact) mass is 520 g/mol. The molecule has 0 bridgehead atoms. The Bertz CT molecular complexity index is 1150. The quantitative estimate of drug-likeness (QED) is 0.206. The van der Waals surface area contributed by atoms with Crippen molar-refractivity contribution in [1.29, 1.82) is 0 Å². The molecule has 0 aromatic heterocycles. The summed E-state index contributed by atoms with van der Waals surface area (Å²) in [7, 11) is 0. The second-order valence-electron chi connectivity index (χ2n) is 9.66. The van der Waals surface area contributed by atoms with Gasteiger partial charge in [-0.15, -0.1) is 0 Å². The molecule has 0 unspecified atom stereocenters. The average Bonchev–Trinajstić information content (AvgIpc) is 3.17. The van der Waals surface area contributed by atoms with Crippen molar-refractivity contribution >= 4 is 17.4 Å². The Morgan fingerprint density at radius 3 is 2.34 bits per heavy atom. The van der Waals surface area contributed by atoms with Crippen molar-refractivity contribution in [3.63, 3.8) is 0 Å². The van der Waals surface area contributed by atoms with Crippen LogP contribution in [0, 0.1) is 0 Å². The zero-order valence-corrected chi connectivity index (χ0v) is 22.1. The van der Waals surface area contributed by atoms with Crippen molar-refractivity contribution in [3.05, 3.63) is 77.9 Å². The Kier molecular flexibility index (Phi) is 9.20. The third-order valence-corrected chi connectivity index (χ3v) is 6.58. The van der Waals surface area contributed by atoms with Gasteiger partial charge < -0.3 is 24.2 Å². The average molecular weight is 521 g/mol. The lowest BCUT2D eigenvalue weighted by Crippen LogP contribution is -2.38. The molecule has 1 atom stereocenters. The van der Waals surface area contributed by atoms with Gasteiger partial charge in [0.1, 0.15) is 23.9 Å². The number of aliphatic hydroxyl groups excluding tert-OH is 1. The van der Waals surface area contributed by atoms with Crippen molar-refractivity contribution in [2.24, 2.45) is 0 Å². The van der Waals surface area contributed by atoms with E-state index in [4.69, 9.17) is 14.2 Å². The van der Waals surface area contributed by atoms with Crippen LogP contribution in [0.4, 0.5) is 0 Å². The molecule has 2 aliphatic rings. The smallest absolute Gasteiger partial charge is 0.295 e.